The Hall–Kier alpha value is -2.48. The Morgan fingerprint density at radius 3 is 2.58 bits per heavy atom. The van der Waals surface area contributed by atoms with Gasteiger partial charge in [0, 0.05) is 50.0 Å². The van der Waals surface area contributed by atoms with Crippen molar-refractivity contribution in [1.29, 1.82) is 0 Å². The molecule has 0 atom stereocenters. The molecule has 3 aromatic rings. The largest absolute Gasteiger partial charge is 0.354 e. The molecule has 1 saturated heterocycles. The minimum Gasteiger partial charge on any atom is -0.354 e. The van der Waals surface area contributed by atoms with Crippen LogP contribution < -0.4 is 4.90 Å². The van der Waals surface area contributed by atoms with Crippen molar-refractivity contribution in [1.82, 2.24) is 34.3 Å². The first kappa shape index (κ1) is 17.0. The molecule has 0 aromatic carbocycles. The van der Waals surface area contributed by atoms with Crippen LogP contribution in [0.2, 0.25) is 0 Å². The van der Waals surface area contributed by atoms with Crippen LogP contribution in [0.5, 0.6) is 0 Å². The van der Waals surface area contributed by atoms with Crippen LogP contribution in [0.15, 0.2) is 18.7 Å². The van der Waals surface area contributed by atoms with E-state index in [2.05, 4.69) is 46.7 Å². The average Bonchev–Trinajstić information content (AvgIpc) is 3.29. The normalized spacial score (nSPS) is 15.9. The highest BCUT2D eigenvalue weighted by molar-refractivity contribution is 5.57. The van der Waals surface area contributed by atoms with Gasteiger partial charge in [-0.25, -0.2) is 9.97 Å². The van der Waals surface area contributed by atoms with Crippen molar-refractivity contribution in [2.45, 2.75) is 33.7 Å². The summed E-state index contributed by atoms with van der Waals surface area (Å²) in [6, 6.07) is 2.20. The van der Waals surface area contributed by atoms with Crippen molar-refractivity contribution in [2.24, 2.45) is 0 Å². The van der Waals surface area contributed by atoms with Gasteiger partial charge in [0.2, 0.25) is 0 Å². The zero-order chi connectivity index (χ0) is 18.1. The summed E-state index contributed by atoms with van der Waals surface area (Å²) in [5, 5.41) is 8.91. The highest BCUT2D eigenvalue weighted by Gasteiger charge is 2.21. The Morgan fingerprint density at radius 1 is 1.08 bits per heavy atom. The number of hydrogen-bond donors (Lipinski definition) is 0. The van der Waals surface area contributed by atoms with E-state index in [0.717, 1.165) is 62.7 Å². The lowest BCUT2D eigenvalue weighted by molar-refractivity contribution is 0.243. The minimum absolute atomic E-state index is 0.886. The van der Waals surface area contributed by atoms with Crippen molar-refractivity contribution in [3.8, 4) is 0 Å². The smallest absolute Gasteiger partial charge is 0.160 e. The number of piperazine rings is 1. The maximum absolute atomic E-state index is 4.79. The highest BCUT2D eigenvalue weighted by atomic mass is 15.4. The fourth-order valence-electron chi connectivity index (χ4n) is 3.46. The molecule has 8 nitrogen and oxygen atoms in total. The summed E-state index contributed by atoms with van der Waals surface area (Å²) < 4.78 is 3.91. The molecule has 0 spiro atoms. The van der Waals surface area contributed by atoms with Gasteiger partial charge in [0.25, 0.3) is 0 Å². The number of aryl methyl sites for hydroxylation is 3. The van der Waals surface area contributed by atoms with Crippen LogP contribution in [-0.2, 0) is 13.0 Å². The molecule has 4 heterocycles. The Bertz CT molecular complexity index is 874. The molecule has 138 valence electrons. The summed E-state index contributed by atoms with van der Waals surface area (Å²) in [4.78, 5) is 13.7. The van der Waals surface area contributed by atoms with Crippen LogP contribution in [-0.4, -0.2) is 67.0 Å². The molecule has 0 unspecified atom stereocenters. The third kappa shape index (κ3) is 3.16. The SMILES string of the molecule is CCc1cc(N2CCN(CCn3cncn3)CC2)n2nc(C)c(C)c2n1. The van der Waals surface area contributed by atoms with Gasteiger partial charge in [-0.1, -0.05) is 6.92 Å². The molecular formula is C18H26N8. The van der Waals surface area contributed by atoms with E-state index in [1.807, 2.05) is 9.20 Å². The predicted octanol–water partition coefficient (Wildman–Crippen LogP) is 1.32. The molecule has 0 bridgehead atoms. The van der Waals surface area contributed by atoms with Crippen molar-refractivity contribution >= 4 is 11.5 Å². The van der Waals surface area contributed by atoms with Crippen LogP contribution in [0.4, 0.5) is 5.82 Å². The van der Waals surface area contributed by atoms with Gasteiger partial charge in [-0.15, -0.1) is 0 Å². The summed E-state index contributed by atoms with van der Waals surface area (Å²) in [7, 11) is 0. The van der Waals surface area contributed by atoms with E-state index in [-0.39, 0.29) is 0 Å². The predicted molar refractivity (Wildman–Crippen MR) is 101 cm³/mol. The van der Waals surface area contributed by atoms with Gasteiger partial charge < -0.3 is 4.90 Å². The third-order valence-corrected chi connectivity index (χ3v) is 5.26. The lowest BCUT2D eigenvalue weighted by Crippen LogP contribution is -2.47. The van der Waals surface area contributed by atoms with Gasteiger partial charge in [-0.05, 0) is 20.3 Å². The molecule has 1 aliphatic heterocycles. The van der Waals surface area contributed by atoms with E-state index in [9.17, 15) is 0 Å². The molecule has 0 saturated carbocycles. The number of fused-ring (bicyclic) bond motifs is 1. The van der Waals surface area contributed by atoms with Crippen LogP contribution in [0.3, 0.4) is 0 Å². The topological polar surface area (TPSA) is 67.4 Å². The van der Waals surface area contributed by atoms with E-state index >= 15 is 0 Å². The monoisotopic (exact) mass is 354 g/mol. The van der Waals surface area contributed by atoms with Gasteiger partial charge in [0.1, 0.15) is 18.5 Å². The Balaban J connectivity index is 1.49. The van der Waals surface area contributed by atoms with Gasteiger partial charge in [-0.3, -0.25) is 9.58 Å². The van der Waals surface area contributed by atoms with Crippen LogP contribution in [0.25, 0.3) is 5.65 Å². The van der Waals surface area contributed by atoms with Gasteiger partial charge in [-0.2, -0.15) is 14.7 Å². The quantitative estimate of drug-likeness (QED) is 0.688. The van der Waals surface area contributed by atoms with E-state index in [1.165, 1.54) is 11.4 Å². The van der Waals surface area contributed by atoms with E-state index < -0.39 is 0 Å². The zero-order valence-corrected chi connectivity index (χ0v) is 15.8. The first-order valence-electron chi connectivity index (χ1n) is 9.31. The second kappa shape index (κ2) is 7.03. The number of anilines is 1. The summed E-state index contributed by atoms with van der Waals surface area (Å²) in [6.07, 6.45) is 4.30. The van der Waals surface area contributed by atoms with E-state index in [0.29, 0.717) is 0 Å². The standard InChI is InChI=1S/C18H26N8/c1-4-16-11-17(26-18(21-16)14(2)15(3)22-26)24-8-5-23(6-9-24)7-10-25-13-19-12-20-25/h11-13H,4-10H2,1-3H3. The zero-order valence-electron chi connectivity index (χ0n) is 15.8. The van der Waals surface area contributed by atoms with Crippen LogP contribution in [0.1, 0.15) is 23.9 Å². The lowest BCUT2D eigenvalue weighted by Gasteiger charge is -2.36. The molecule has 8 heteroatoms. The first-order chi connectivity index (χ1) is 12.7. The third-order valence-electron chi connectivity index (χ3n) is 5.26. The van der Waals surface area contributed by atoms with Crippen LogP contribution in [0, 0.1) is 13.8 Å². The fraction of sp³-hybridized carbons (Fsp3) is 0.556. The molecular weight excluding hydrogens is 328 g/mol. The molecule has 1 fully saturated rings. The van der Waals surface area contributed by atoms with Crippen molar-refractivity contribution in [3.05, 3.63) is 35.7 Å². The molecule has 0 N–H and O–H groups in total. The summed E-state index contributed by atoms with van der Waals surface area (Å²) in [5.74, 6) is 1.17. The second-order valence-corrected chi connectivity index (χ2v) is 6.89. The number of aromatic nitrogens is 6. The molecule has 0 amide bonds. The fourth-order valence-corrected chi connectivity index (χ4v) is 3.46. The lowest BCUT2D eigenvalue weighted by atomic mass is 10.2. The molecule has 1 aliphatic rings. The maximum Gasteiger partial charge on any atom is 0.160 e. The van der Waals surface area contributed by atoms with Crippen molar-refractivity contribution in [2.75, 3.05) is 37.6 Å². The molecule has 3 aromatic heterocycles. The molecule has 0 radical (unpaired) electrons. The average molecular weight is 354 g/mol. The minimum atomic E-state index is 0.886. The van der Waals surface area contributed by atoms with Gasteiger partial charge in [0.15, 0.2) is 5.65 Å². The Morgan fingerprint density at radius 2 is 1.88 bits per heavy atom. The second-order valence-electron chi connectivity index (χ2n) is 6.89. The Kier molecular flexibility index (Phi) is 4.58. The number of nitrogens with zero attached hydrogens (tertiary/aromatic N) is 8. The summed E-state index contributed by atoms with van der Waals surface area (Å²) >= 11 is 0. The van der Waals surface area contributed by atoms with Crippen molar-refractivity contribution < 1.29 is 0 Å². The van der Waals surface area contributed by atoms with Gasteiger partial charge in [0.05, 0.1) is 12.2 Å². The highest BCUT2D eigenvalue weighted by Crippen LogP contribution is 2.23. The summed E-state index contributed by atoms with van der Waals surface area (Å²) in [6.45, 7) is 12.3. The maximum atomic E-state index is 4.79. The van der Waals surface area contributed by atoms with Crippen molar-refractivity contribution in [3.63, 3.8) is 0 Å². The molecule has 4 rings (SSSR count). The van der Waals surface area contributed by atoms with E-state index in [1.54, 1.807) is 12.7 Å². The number of rotatable bonds is 5. The van der Waals surface area contributed by atoms with E-state index in [4.69, 9.17) is 10.1 Å². The van der Waals surface area contributed by atoms with Crippen LogP contribution >= 0.6 is 0 Å². The Labute approximate surface area is 153 Å². The first-order valence-corrected chi connectivity index (χ1v) is 9.31. The van der Waals surface area contributed by atoms with Gasteiger partial charge >= 0.3 is 0 Å². The number of hydrogen-bond acceptors (Lipinski definition) is 6. The molecule has 26 heavy (non-hydrogen) atoms. The molecule has 0 aliphatic carbocycles. The summed E-state index contributed by atoms with van der Waals surface area (Å²) in [5.41, 5.74) is 4.35.